The predicted molar refractivity (Wildman–Crippen MR) is 170 cm³/mol. The summed E-state index contributed by atoms with van der Waals surface area (Å²) in [6.45, 7) is 4.41. The van der Waals surface area contributed by atoms with Gasteiger partial charge in [0.05, 0.1) is 17.9 Å². The van der Waals surface area contributed by atoms with Gasteiger partial charge in [0.25, 0.3) is 10.1 Å². The van der Waals surface area contributed by atoms with Crippen molar-refractivity contribution in [2.45, 2.75) is 161 Å². The second-order valence-electron chi connectivity index (χ2n) is 11.1. The van der Waals surface area contributed by atoms with E-state index in [9.17, 15) is 22.9 Å². The van der Waals surface area contributed by atoms with Crippen LogP contribution in [0.2, 0.25) is 0 Å². The summed E-state index contributed by atoms with van der Waals surface area (Å²) in [7, 11) is -4.33. The summed E-state index contributed by atoms with van der Waals surface area (Å²) < 4.78 is 32.1. The lowest BCUT2D eigenvalue weighted by atomic mass is 10.1. The molecule has 2 unspecified atom stereocenters. The summed E-state index contributed by atoms with van der Waals surface area (Å²) >= 11 is 0. The molecule has 0 bridgehead atoms. The molecule has 0 aliphatic rings. The molecule has 234 valence electrons. The topological polar surface area (TPSA) is 104 Å². The number of rotatable bonds is 28. The van der Waals surface area contributed by atoms with Gasteiger partial charge >= 0.3 is 0 Å². The van der Waals surface area contributed by atoms with E-state index in [2.05, 4.69) is 43.5 Å². The van der Waals surface area contributed by atoms with Gasteiger partial charge < -0.3 is 10.4 Å². The van der Waals surface area contributed by atoms with Gasteiger partial charge in [-0.05, 0) is 51.4 Å². The highest BCUT2D eigenvalue weighted by molar-refractivity contribution is 7.85. The van der Waals surface area contributed by atoms with Gasteiger partial charge in [0.2, 0.25) is 5.91 Å². The van der Waals surface area contributed by atoms with Gasteiger partial charge in [0.15, 0.2) is 0 Å². The molecule has 3 N–H and O–H groups in total. The molecule has 2 atom stereocenters. The van der Waals surface area contributed by atoms with E-state index >= 15 is 0 Å². The van der Waals surface area contributed by atoms with E-state index in [1.807, 2.05) is 6.08 Å². The van der Waals surface area contributed by atoms with Gasteiger partial charge in [-0.15, -0.1) is 0 Å². The molecule has 0 aliphatic carbocycles. The Hall–Kier alpha value is -1.44. The lowest BCUT2D eigenvalue weighted by molar-refractivity contribution is -0.122. The molecule has 0 spiro atoms. The summed E-state index contributed by atoms with van der Waals surface area (Å²) in [6.07, 6.45) is 34.3. The second-order valence-corrected chi connectivity index (χ2v) is 12.6. The monoisotopic (exact) mass is 583 g/mol. The minimum Gasteiger partial charge on any atom is -0.387 e. The summed E-state index contributed by atoms with van der Waals surface area (Å²) in [6, 6.07) is -1.06. The summed E-state index contributed by atoms with van der Waals surface area (Å²) in [5.41, 5.74) is 0. The van der Waals surface area contributed by atoms with Crippen LogP contribution in [-0.2, 0) is 14.9 Å². The Balaban J connectivity index is 3.96. The third-order valence-electron chi connectivity index (χ3n) is 7.06. The van der Waals surface area contributed by atoms with Crippen LogP contribution < -0.4 is 5.32 Å². The Labute approximate surface area is 246 Å². The smallest absolute Gasteiger partial charge is 0.267 e. The van der Waals surface area contributed by atoms with E-state index in [0.717, 1.165) is 57.8 Å². The van der Waals surface area contributed by atoms with E-state index in [0.29, 0.717) is 0 Å². The Morgan fingerprint density at radius 3 is 1.65 bits per heavy atom. The number of allylic oxidation sites excluding steroid dienone is 5. The number of nitrogens with one attached hydrogen (secondary N) is 1. The highest BCUT2D eigenvalue weighted by Gasteiger charge is 2.24. The molecule has 0 fully saturated rings. The first-order chi connectivity index (χ1) is 19.3. The zero-order valence-electron chi connectivity index (χ0n) is 25.7. The Bertz CT molecular complexity index is 776. The van der Waals surface area contributed by atoms with Crippen molar-refractivity contribution in [3.05, 3.63) is 36.5 Å². The van der Waals surface area contributed by atoms with Crippen LogP contribution in [-0.4, -0.2) is 41.9 Å². The molecule has 0 aromatic rings. The molecule has 7 heteroatoms. The molecule has 0 aromatic carbocycles. The summed E-state index contributed by atoms with van der Waals surface area (Å²) in [4.78, 5) is 12.4. The molecule has 1 amide bonds. The Morgan fingerprint density at radius 2 is 1.12 bits per heavy atom. The van der Waals surface area contributed by atoms with Gasteiger partial charge in [0, 0.05) is 6.42 Å². The zero-order chi connectivity index (χ0) is 29.7. The van der Waals surface area contributed by atoms with Crippen LogP contribution in [0.4, 0.5) is 0 Å². The Morgan fingerprint density at radius 1 is 0.675 bits per heavy atom. The van der Waals surface area contributed by atoms with E-state index in [1.165, 1.54) is 76.7 Å². The van der Waals surface area contributed by atoms with Crippen LogP contribution in [0, 0.1) is 0 Å². The molecule has 0 saturated heterocycles. The number of carbonyl (C=O) groups is 1. The maximum Gasteiger partial charge on any atom is 0.267 e. The minimum absolute atomic E-state index is 0.286. The van der Waals surface area contributed by atoms with E-state index < -0.39 is 28.0 Å². The molecule has 0 heterocycles. The highest BCUT2D eigenvalue weighted by Crippen LogP contribution is 2.11. The van der Waals surface area contributed by atoms with Gasteiger partial charge in [-0.1, -0.05) is 127 Å². The molecule has 0 saturated carbocycles. The zero-order valence-corrected chi connectivity index (χ0v) is 26.5. The normalized spacial score (nSPS) is 14.0. The summed E-state index contributed by atoms with van der Waals surface area (Å²) in [5, 5.41) is 13.0. The van der Waals surface area contributed by atoms with Crippen LogP contribution in [0.3, 0.4) is 0 Å². The van der Waals surface area contributed by atoms with Crippen molar-refractivity contribution in [3.63, 3.8) is 0 Å². The molecule has 6 nitrogen and oxygen atoms in total. The van der Waals surface area contributed by atoms with E-state index in [4.69, 9.17) is 0 Å². The van der Waals surface area contributed by atoms with Crippen LogP contribution in [0.5, 0.6) is 0 Å². The number of aliphatic hydroxyl groups excluding tert-OH is 1. The van der Waals surface area contributed by atoms with E-state index in [-0.39, 0.29) is 12.3 Å². The highest BCUT2D eigenvalue weighted by atomic mass is 32.2. The maximum absolute atomic E-state index is 12.4. The number of carbonyl (C=O) groups excluding carboxylic acids is 1. The number of unbranched alkanes of at least 4 members (excludes halogenated alkanes) is 16. The van der Waals surface area contributed by atoms with Gasteiger partial charge in [-0.2, -0.15) is 8.42 Å². The number of hydrogen-bond donors (Lipinski definition) is 3. The molecule has 0 rings (SSSR count). The third-order valence-corrected chi connectivity index (χ3v) is 7.84. The quantitative estimate of drug-likeness (QED) is 0.0486. The standard InChI is InChI=1S/C33H61NO5S/c1-3-5-7-9-11-12-13-14-15-16-17-18-19-20-21-23-25-27-29-33(36)34-31(30-40(37,38)39)32(35)28-26-24-22-10-8-6-4-2/h12-13,15-16,26,28,31-32,35H,3-11,14,17-25,27,29-30H2,1-2H3,(H,34,36)(H,37,38,39)/b13-12-,16-15-,28-26+. The maximum atomic E-state index is 12.4. The number of hydrogen-bond acceptors (Lipinski definition) is 4. The largest absolute Gasteiger partial charge is 0.387 e. The van der Waals surface area contributed by atoms with Gasteiger partial charge in [0.1, 0.15) is 0 Å². The lowest BCUT2D eigenvalue weighted by Gasteiger charge is -2.21. The molecule has 0 radical (unpaired) electrons. The lowest BCUT2D eigenvalue weighted by Crippen LogP contribution is -2.46. The molecule has 40 heavy (non-hydrogen) atoms. The molecular weight excluding hydrogens is 522 g/mol. The average molecular weight is 584 g/mol. The Kier molecular flexibility index (Phi) is 26.7. The number of aliphatic hydroxyl groups is 1. The predicted octanol–water partition coefficient (Wildman–Crippen LogP) is 8.62. The van der Waals surface area contributed by atoms with Crippen molar-refractivity contribution in [1.82, 2.24) is 5.32 Å². The van der Waals surface area contributed by atoms with Crippen LogP contribution >= 0.6 is 0 Å². The first kappa shape index (κ1) is 38.6. The van der Waals surface area contributed by atoms with E-state index in [1.54, 1.807) is 0 Å². The second kappa shape index (κ2) is 27.7. The molecular formula is C33H61NO5S. The molecule has 0 aliphatic heterocycles. The fraction of sp³-hybridized carbons (Fsp3) is 0.788. The van der Waals surface area contributed by atoms with Crippen LogP contribution in [0.1, 0.15) is 149 Å². The number of amides is 1. The van der Waals surface area contributed by atoms with Crippen molar-refractivity contribution in [2.24, 2.45) is 0 Å². The third kappa shape index (κ3) is 28.1. The fourth-order valence-corrected chi connectivity index (χ4v) is 5.33. The van der Waals surface area contributed by atoms with Crippen molar-refractivity contribution >= 4 is 16.0 Å². The van der Waals surface area contributed by atoms with Crippen molar-refractivity contribution in [2.75, 3.05) is 5.75 Å². The minimum atomic E-state index is -4.33. The fourth-order valence-electron chi connectivity index (χ4n) is 4.59. The van der Waals surface area contributed by atoms with Crippen LogP contribution in [0.15, 0.2) is 36.5 Å². The average Bonchev–Trinajstić information content (AvgIpc) is 2.90. The van der Waals surface area contributed by atoms with Gasteiger partial charge in [-0.25, -0.2) is 0 Å². The van der Waals surface area contributed by atoms with Crippen molar-refractivity contribution < 1.29 is 22.9 Å². The first-order valence-electron chi connectivity index (χ1n) is 16.2. The summed E-state index contributed by atoms with van der Waals surface area (Å²) in [5.74, 6) is -0.995. The first-order valence-corrected chi connectivity index (χ1v) is 17.8. The van der Waals surface area contributed by atoms with Crippen LogP contribution in [0.25, 0.3) is 0 Å². The van der Waals surface area contributed by atoms with Crippen molar-refractivity contribution in [3.8, 4) is 0 Å². The molecule has 0 aromatic heterocycles. The van der Waals surface area contributed by atoms with Gasteiger partial charge in [-0.3, -0.25) is 9.35 Å². The SMILES string of the molecule is CCCCCC/C=C\C/C=C\CCCCCCCCCC(=O)NC(CS(=O)(=O)O)C(O)/C=C/CCCCCCC. The van der Waals surface area contributed by atoms with Crippen molar-refractivity contribution in [1.29, 1.82) is 0 Å².